The van der Waals surface area contributed by atoms with Gasteiger partial charge >= 0.3 is 0 Å². The van der Waals surface area contributed by atoms with Crippen LogP contribution >= 0.6 is 0 Å². The molecule has 0 unspecified atom stereocenters. The smallest absolute Gasteiger partial charge is 0.246 e. The minimum Gasteiger partial charge on any atom is -0.496 e. The minimum atomic E-state index is 0.0584. The number of amides is 1. The molecule has 4 heteroatoms. The SMILES string of the molecule is COc1ccc(C)cc1/C=C/C(=O)N1CCN(C/C=C/c2ccccc2)CC1. The number of aryl methyl sites for hydroxylation is 1. The molecule has 1 amide bonds. The Morgan fingerprint density at radius 2 is 1.79 bits per heavy atom. The lowest BCUT2D eigenvalue weighted by Gasteiger charge is -2.33. The molecule has 0 N–H and O–H groups in total. The standard InChI is InChI=1S/C24H28N2O2/c1-20-10-12-23(28-2)22(19-20)11-13-24(27)26-17-15-25(16-18-26)14-6-9-21-7-4-3-5-8-21/h3-13,19H,14-18H2,1-2H3/b9-6+,13-11+. The molecule has 28 heavy (non-hydrogen) atoms. The number of benzene rings is 2. The highest BCUT2D eigenvalue weighted by Crippen LogP contribution is 2.21. The van der Waals surface area contributed by atoms with Gasteiger partial charge in [0.15, 0.2) is 0 Å². The van der Waals surface area contributed by atoms with Crippen LogP contribution in [0.3, 0.4) is 0 Å². The van der Waals surface area contributed by atoms with Gasteiger partial charge in [-0.2, -0.15) is 0 Å². The van der Waals surface area contributed by atoms with Gasteiger partial charge in [0.25, 0.3) is 0 Å². The predicted octanol–water partition coefficient (Wildman–Crippen LogP) is 3.87. The fraction of sp³-hybridized carbons (Fsp3) is 0.292. The highest BCUT2D eigenvalue weighted by atomic mass is 16.5. The number of methoxy groups -OCH3 is 1. The molecule has 0 spiro atoms. The number of hydrogen-bond donors (Lipinski definition) is 0. The van der Waals surface area contributed by atoms with Gasteiger partial charge in [-0.15, -0.1) is 0 Å². The normalized spacial score (nSPS) is 15.4. The third kappa shape index (κ3) is 5.57. The molecule has 0 aromatic heterocycles. The molecule has 146 valence electrons. The lowest BCUT2D eigenvalue weighted by atomic mass is 10.1. The molecule has 1 aliphatic heterocycles. The fourth-order valence-corrected chi connectivity index (χ4v) is 3.30. The highest BCUT2D eigenvalue weighted by molar-refractivity contribution is 5.92. The van der Waals surface area contributed by atoms with Gasteiger partial charge < -0.3 is 9.64 Å². The molecule has 0 bridgehead atoms. The number of piperazine rings is 1. The van der Waals surface area contributed by atoms with Gasteiger partial charge in [-0.25, -0.2) is 0 Å². The van der Waals surface area contributed by atoms with E-state index in [9.17, 15) is 4.79 Å². The van der Waals surface area contributed by atoms with Crippen molar-refractivity contribution in [2.45, 2.75) is 6.92 Å². The topological polar surface area (TPSA) is 32.8 Å². The summed E-state index contributed by atoms with van der Waals surface area (Å²) in [6.45, 7) is 6.25. The first-order chi connectivity index (χ1) is 13.7. The quantitative estimate of drug-likeness (QED) is 0.718. The number of hydrogen-bond acceptors (Lipinski definition) is 3. The average molecular weight is 377 g/mol. The van der Waals surface area contributed by atoms with E-state index in [-0.39, 0.29) is 5.91 Å². The third-order valence-corrected chi connectivity index (χ3v) is 4.95. The molecule has 1 saturated heterocycles. The Morgan fingerprint density at radius 3 is 2.50 bits per heavy atom. The summed E-state index contributed by atoms with van der Waals surface area (Å²) in [5.74, 6) is 0.840. The van der Waals surface area contributed by atoms with Crippen molar-refractivity contribution in [1.82, 2.24) is 9.80 Å². The van der Waals surface area contributed by atoms with Gasteiger partial charge in [-0.3, -0.25) is 9.69 Å². The minimum absolute atomic E-state index is 0.0584. The van der Waals surface area contributed by atoms with Crippen molar-refractivity contribution >= 4 is 18.1 Å². The molecule has 4 nitrogen and oxygen atoms in total. The summed E-state index contributed by atoms with van der Waals surface area (Å²) in [4.78, 5) is 16.8. The van der Waals surface area contributed by atoms with Gasteiger partial charge in [0.2, 0.25) is 5.91 Å². The van der Waals surface area contributed by atoms with Crippen molar-refractivity contribution < 1.29 is 9.53 Å². The van der Waals surface area contributed by atoms with Crippen molar-refractivity contribution in [1.29, 1.82) is 0 Å². The summed E-state index contributed by atoms with van der Waals surface area (Å²) in [5, 5.41) is 0. The van der Waals surface area contributed by atoms with Crippen molar-refractivity contribution in [2.75, 3.05) is 39.8 Å². The zero-order valence-corrected chi connectivity index (χ0v) is 16.7. The van der Waals surface area contributed by atoms with E-state index < -0.39 is 0 Å². The second-order valence-electron chi connectivity index (χ2n) is 7.02. The van der Waals surface area contributed by atoms with Crippen LogP contribution in [0.2, 0.25) is 0 Å². The van der Waals surface area contributed by atoms with E-state index in [0.29, 0.717) is 0 Å². The lowest BCUT2D eigenvalue weighted by molar-refractivity contribution is -0.127. The van der Waals surface area contributed by atoms with Gasteiger partial charge in [0.1, 0.15) is 5.75 Å². The first-order valence-electron chi connectivity index (χ1n) is 9.71. The maximum atomic E-state index is 12.5. The summed E-state index contributed by atoms with van der Waals surface area (Å²) in [6, 6.07) is 16.3. The summed E-state index contributed by atoms with van der Waals surface area (Å²) < 4.78 is 5.37. The second-order valence-corrected chi connectivity index (χ2v) is 7.02. The fourth-order valence-electron chi connectivity index (χ4n) is 3.30. The Labute approximate surface area is 167 Å². The van der Waals surface area contributed by atoms with Crippen LogP contribution in [-0.4, -0.2) is 55.5 Å². The first kappa shape index (κ1) is 19.9. The van der Waals surface area contributed by atoms with Crippen molar-refractivity contribution in [3.05, 3.63) is 77.4 Å². The van der Waals surface area contributed by atoms with Crippen LogP contribution in [0, 0.1) is 6.92 Å². The zero-order valence-electron chi connectivity index (χ0n) is 16.7. The molecule has 1 heterocycles. The summed E-state index contributed by atoms with van der Waals surface area (Å²) in [5.41, 5.74) is 3.29. The predicted molar refractivity (Wildman–Crippen MR) is 115 cm³/mol. The molecular formula is C24H28N2O2. The Balaban J connectivity index is 1.48. The number of rotatable bonds is 6. The molecule has 1 fully saturated rings. The number of carbonyl (C=O) groups is 1. The number of carbonyl (C=O) groups excluding carboxylic acids is 1. The van der Waals surface area contributed by atoms with Crippen LogP contribution in [0.25, 0.3) is 12.2 Å². The first-order valence-corrected chi connectivity index (χ1v) is 9.71. The van der Waals surface area contributed by atoms with Crippen LogP contribution in [0.15, 0.2) is 60.7 Å². The van der Waals surface area contributed by atoms with Crippen molar-refractivity contribution in [2.24, 2.45) is 0 Å². The van der Waals surface area contributed by atoms with E-state index in [1.807, 2.05) is 54.3 Å². The molecular weight excluding hydrogens is 348 g/mol. The van der Waals surface area contributed by atoms with E-state index in [4.69, 9.17) is 4.74 Å². The Morgan fingerprint density at radius 1 is 1.04 bits per heavy atom. The van der Waals surface area contributed by atoms with E-state index in [1.54, 1.807) is 13.2 Å². The largest absolute Gasteiger partial charge is 0.496 e. The molecule has 1 aliphatic rings. The lowest BCUT2D eigenvalue weighted by Crippen LogP contribution is -2.48. The monoisotopic (exact) mass is 376 g/mol. The van der Waals surface area contributed by atoms with Crippen LogP contribution in [0.5, 0.6) is 5.75 Å². The molecule has 0 atom stereocenters. The van der Waals surface area contributed by atoms with Gasteiger partial charge in [-0.1, -0.05) is 54.1 Å². The summed E-state index contributed by atoms with van der Waals surface area (Å²) >= 11 is 0. The van der Waals surface area contributed by atoms with Crippen LogP contribution in [0.1, 0.15) is 16.7 Å². The molecule has 0 radical (unpaired) electrons. The Hall–Kier alpha value is -2.85. The van der Waals surface area contributed by atoms with E-state index >= 15 is 0 Å². The Bertz CT molecular complexity index is 835. The van der Waals surface area contributed by atoms with E-state index in [2.05, 4.69) is 29.2 Å². The van der Waals surface area contributed by atoms with Crippen LogP contribution in [-0.2, 0) is 4.79 Å². The van der Waals surface area contributed by atoms with Crippen LogP contribution < -0.4 is 4.74 Å². The van der Waals surface area contributed by atoms with Crippen LogP contribution in [0.4, 0.5) is 0 Å². The zero-order chi connectivity index (χ0) is 19.8. The number of ether oxygens (including phenoxy) is 1. The molecule has 2 aromatic rings. The second kappa shape index (κ2) is 9.90. The third-order valence-electron chi connectivity index (χ3n) is 4.95. The summed E-state index contributed by atoms with van der Waals surface area (Å²) in [7, 11) is 1.65. The van der Waals surface area contributed by atoms with Gasteiger partial charge in [0, 0.05) is 44.4 Å². The average Bonchev–Trinajstić information content (AvgIpc) is 2.73. The molecule has 0 aliphatic carbocycles. The Kier molecular flexibility index (Phi) is 7.04. The van der Waals surface area contributed by atoms with E-state index in [0.717, 1.165) is 49.6 Å². The maximum absolute atomic E-state index is 12.5. The molecule has 3 rings (SSSR count). The van der Waals surface area contributed by atoms with Gasteiger partial charge in [-0.05, 0) is 30.7 Å². The molecule has 2 aromatic carbocycles. The molecule has 0 saturated carbocycles. The maximum Gasteiger partial charge on any atom is 0.246 e. The highest BCUT2D eigenvalue weighted by Gasteiger charge is 2.18. The van der Waals surface area contributed by atoms with Crippen molar-refractivity contribution in [3.63, 3.8) is 0 Å². The van der Waals surface area contributed by atoms with E-state index in [1.165, 1.54) is 5.56 Å². The van der Waals surface area contributed by atoms with Gasteiger partial charge in [0.05, 0.1) is 7.11 Å². The summed E-state index contributed by atoms with van der Waals surface area (Å²) in [6.07, 6.45) is 7.84. The van der Waals surface area contributed by atoms with Crippen molar-refractivity contribution in [3.8, 4) is 5.75 Å². The number of nitrogens with zero attached hydrogens (tertiary/aromatic N) is 2.